The molecule has 1 aliphatic heterocycles. The summed E-state index contributed by atoms with van der Waals surface area (Å²) in [5.41, 5.74) is 1.99. The van der Waals surface area contributed by atoms with Crippen molar-refractivity contribution in [2.45, 2.75) is 25.3 Å². The van der Waals surface area contributed by atoms with E-state index in [0.717, 1.165) is 35.8 Å². The lowest BCUT2D eigenvalue weighted by atomic mass is 9.88. The van der Waals surface area contributed by atoms with Crippen molar-refractivity contribution in [2.24, 2.45) is 0 Å². The minimum absolute atomic E-state index is 0. The molecule has 0 saturated carbocycles. The van der Waals surface area contributed by atoms with Gasteiger partial charge < -0.3 is 15.4 Å². The lowest BCUT2D eigenvalue weighted by Crippen LogP contribution is -2.49. The second-order valence-electron chi connectivity index (χ2n) is 5.77. The summed E-state index contributed by atoms with van der Waals surface area (Å²) in [6, 6.07) is 5.56. The van der Waals surface area contributed by atoms with E-state index in [1.807, 2.05) is 31.3 Å². The summed E-state index contributed by atoms with van der Waals surface area (Å²) in [6.07, 6.45) is 2.68. The molecule has 2 amide bonds. The zero-order valence-electron chi connectivity index (χ0n) is 14.1. The van der Waals surface area contributed by atoms with E-state index in [2.05, 4.69) is 25.3 Å². The maximum atomic E-state index is 12.3. The number of methoxy groups -OCH3 is 1. The zero-order valence-corrected chi connectivity index (χ0v) is 15.7. The molecule has 0 radical (unpaired) electrons. The van der Waals surface area contributed by atoms with E-state index >= 15 is 0 Å². The summed E-state index contributed by atoms with van der Waals surface area (Å²) in [5.74, 6) is 0.761. The molecule has 7 nitrogen and oxygen atoms in total. The van der Waals surface area contributed by atoms with Gasteiger partial charge in [-0.25, -0.2) is 9.78 Å². The molecule has 2 atom stereocenters. The van der Waals surface area contributed by atoms with Crippen molar-refractivity contribution in [3.05, 3.63) is 35.7 Å². The first-order valence-corrected chi connectivity index (χ1v) is 8.64. The van der Waals surface area contributed by atoms with Crippen molar-refractivity contribution in [3.63, 3.8) is 0 Å². The number of rotatable bonds is 4. The number of hydrogen-bond donors (Lipinski definition) is 3. The number of nitrogens with zero attached hydrogens (tertiary/aromatic N) is 2. The molecule has 0 aliphatic carbocycles. The number of amides is 2. The summed E-state index contributed by atoms with van der Waals surface area (Å²) >= 11 is 1.28. The minimum Gasteiger partial charge on any atom is -0.481 e. The normalized spacial score (nSPS) is 19.6. The third-order valence-electron chi connectivity index (χ3n) is 4.06. The number of piperidine rings is 1. The predicted molar refractivity (Wildman–Crippen MR) is 101 cm³/mol. The molecular formula is C16H22ClN5O2S. The number of halogens is 1. The lowest BCUT2D eigenvalue weighted by Gasteiger charge is -2.33. The van der Waals surface area contributed by atoms with Gasteiger partial charge >= 0.3 is 6.03 Å². The van der Waals surface area contributed by atoms with Gasteiger partial charge in [0.1, 0.15) is 5.00 Å². The molecule has 1 saturated heterocycles. The largest absolute Gasteiger partial charge is 0.481 e. The number of ether oxygens (including phenoxy) is 1. The Morgan fingerprint density at radius 3 is 2.92 bits per heavy atom. The third kappa shape index (κ3) is 5.04. The number of carbonyl (C=O) groups is 1. The van der Waals surface area contributed by atoms with Crippen molar-refractivity contribution in [3.8, 4) is 5.88 Å². The summed E-state index contributed by atoms with van der Waals surface area (Å²) in [7, 11) is 1.60. The van der Waals surface area contributed by atoms with Crippen molar-refractivity contribution in [1.29, 1.82) is 0 Å². The average Bonchev–Trinajstić information content (AvgIpc) is 3.00. The molecule has 136 valence electrons. The first-order valence-electron chi connectivity index (χ1n) is 7.87. The van der Waals surface area contributed by atoms with E-state index in [1.165, 1.54) is 11.5 Å². The molecule has 0 aromatic carbocycles. The molecule has 0 unspecified atom stereocenters. The van der Waals surface area contributed by atoms with Crippen LogP contribution in [0, 0.1) is 6.92 Å². The van der Waals surface area contributed by atoms with Crippen molar-refractivity contribution in [2.75, 3.05) is 25.5 Å². The summed E-state index contributed by atoms with van der Waals surface area (Å²) in [6.45, 7) is 3.59. The number of anilines is 1. The summed E-state index contributed by atoms with van der Waals surface area (Å²) < 4.78 is 9.27. The van der Waals surface area contributed by atoms with Crippen LogP contribution in [0.1, 0.15) is 23.6 Å². The van der Waals surface area contributed by atoms with Crippen molar-refractivity contribution in [1.82, 2.24) is 20.0 Å². The first-order chi connectivity index (χ1) is 11.7. The average molecular weight is 384 g/mol. The van der Waals surface area contributed by atoms with Gasteiger partial charge in [-0.2, -0.15) is 4.37 Å². The molecule has 2 aromatic heterocycles. The predicted octanol–water partition coefficient (Wildman–Crippen LogP) is 2.54. The highest BCUT2D eigenvalue weighted by Crippen LogP contribution is 2.25. The highest BCUT2D eigenvalue weighted by atomic mass is 35.5. The van der Waals surface area contributed by atoms with Crippen molar-refractivity contribution >= 4 is 35.0 Å². The number of pyridine rings is 1. The molecule has 0 spiro atoms. The SMILES string of the molecule is COc1ccc([C@@H]2CNCC[C@H]2NC(=O)Nc2cc(C)ns2)cn1.Cl. The molecule has 0 bridgehead atoms. The Hall–Kier alpha value is -1.90. The number of nitrogens with one attached hydrogen (secondary N) is 3. The fourth-order valence-corrected chi connectivity index (χ4v) is 3.51. The van der Waals surface area contributed by atoms with Gasteiger partial charge in [0.15, 0.2) is 0 Å². The van der Waals surface area contributed by atoms with Crippen LogP contribution in [0.2, 0.25) is 0 Å². The van der Waals surface area contributed by atoms with Crippen LogP contribution in [0.25, 0.3) is 0 Å². The topological polar surface area (TPSA) is 88.2 Å². The number of carbonyl (C=O) groups excluding carboxylic acids is 1. The van der Waals surface area contributed by atoms with Gasteiger partial charge in [0.25, 0.3) is 0 Å². The van der Waals surface area contributed by atoms with Gasteiger partial charge in [-0.3, -0.25) is 5.32 Å². The van der Waals surface area contributed by atoms with Gasteiger partial charge in [-0.15, -0.1) is 12.4 Å². The molecule has 3 heterocycles. The Morgan fingerprint density at radius 2 is 2.28 bits per heavy atom. The van der Waals surface area contributed by atoms with Gasteiger partial charge in [-0.1, -0.05) is 6.07 Å². The third-order valence-corrected chi connectivity index (χ3v) is 4.86. The zero-order chi connectivity index (χ0) is 16.9. The molecule has 3 rings (SSSR count). The molecule has 2 aromatic rings. The Morgan fingerprint density at radius 1 is 1.44 bits per heavy atom. The fraction of sp³-hybridized carbons (Fsp3) is 0.438. The Kier molecular flexibility index (Phi) is 6.98. The lowest BCUT2D eigenvalue weighted by molar-refractivity contribution is 0.242. The van der Waals surface area contributed by atoms with Gasteiger partial charge in [0, 0.05) is 30.8 Å². The number of urea groups is 1. The van der Waals surface area contributed by atoms with E-state index in [0.29, 0.717) is 5.88 Å². The number of hydrogen-bond acceptors (Lipinski definition) is 6. The van der Waals surface area contributed by atoms with E-state index in [-0.39, 0.29) is 30.4 Å². The summed E-state index contributed by atoms with van der Waals surface area (Å²) in [4.78, 5) is 16.5. The fourth-order valence-electron chi connectivity index (χ4n) is 2.85. The van der Waals surface area contributed by atoms with Gasteiger partial charge in [0.05, 0.1) is 12.8 Å². The van der Waals surface area contributed by atoms with E-state index < -0.39 is 0 Å². The van der Waals surface area contributed by atoms with Crippen LogP contribution in [-0.4, -0.2) is 41.6 Å². The second-order valence-corrected chi connectivity index (χ2v) is 6.58. The quantitative estimate of drug-likeness (QED) is 0.755. The van der Waals surface area contributed by atoms with Crippen LogP contribution in [0.3, 0.4) is 0 Å². The van der Waals surface area contributed by atoms with Crippen LogP contribution >= 0.6 is 23.9 Å². The monoisotopic (exact) mass is 383 g/mol. The molecule has 3 N–H and O–H groups in total. The van der Waals surface area contributed by atoms with Crippen LogP contribution < -0.4 is 20.7 Å². The molecule has 9 heteroatoms. The van der Waals surface area contributed by atoms with Crippen molar-refractivity contribution < 1.29 is 9.53 Å². The minimum atomic E-state index is -0.197. The molecule has 1 fully saturated rings. The Balaban J connectivity index is 0.00000225. The molecular weight excluding hydrogens is 362 g/mol. The Bertz CT molecular complexity index is 694. The number of aromatic nitrogens is 2. The summed E-state index contributed by atoms with van der Waals surface area (Å²) in [5, 5.41) is 10.1. The van der Waals surface area contributed by atoms with Crippen LogP contribution in [0.5, 0.6) is 5.88 Å². The second kappa shape index (κ2) is 8.98. The van der Waals surface area contributed by atoms with Crippen LogP contribution in [0.4, 0.5) is 9.80 Å². The van der Waals surface area contributed by atoms with Gasteiger partial charge in [0.2, 0.25) is 5.88 Å². The molecule has 1 aliphatic rings. The highest BCUT2D eigenvalue weighted by Gasteiger charge is 2.28. The van der Waals surface area contributed by atoms with E-state index in [9.17, 15) is 4.79 Å². The maximum Gasteiger partial charge on any atom is 0.320 e. The smallest absolute Gasteiger partial charge is 0.320 e. The van der Waals surface area contributed by atoms with Crippen LogP contribution in [0.15, 0.2) is 24.4 Å². The van der Waals surface area contributed by atoms with E-state index in [1.54, 1.807) is 7.11 Å². The number of aryl methyl sites for hydroxylation is 1. The first kappa shape index (κ1) is 19.4. The van der Waals surface area contributed by atoms with Gasteiger partial charge in [-0.05, 0) is 43.1 Å². The van der Waals surface area contributed by atoms with Crippen LogP contribution in [-0.2, 0) is 0 Å². The standard InChI is InChI=1S/C16H21N5O2S.ClH/c1-10-7-15(24-21-10)20-16(22)19-13-5-6-17-9-12(13)11-3-4-14(23-2)18-8-11;/h3-4,7-8,12-13,17H,5-6,9H2,1-2H3,(H2,19,20,22);1H/t12-,13+;/m0./s1. The van der Waals surface area contributed by atoms with E-state index in [4.69, 9.17) is 4.74 Å². The maximum absolute atomic E-state index is 12.3. The Labute approximate surface area is 157 Å². The molecule has 25 heavy (non-hydrogen) atoms. The highest BCUT2D eigenvalue weighted by molar-refractivity contribution is 7.10.